The lowest BCUT2D eigenvalue weighted by atomic mass is 10.1. The summed E-state index contributed by atoms with van der Waals surface area (Å²) in [6.07, 6.45) is 0.204. The normalized spacial score (nSPS) is 11.0. The molecule has 0 saturated heterocycles. The second-order valence-electron chi connectivity index (χ2n) is 9.03. The van der Waals surface area contributed by atoms with Crippen molar-refractivity contribution in [1.82, 2.24) is 0 Å². The minimum Gasteiger partial charge on any atom is -0.477 e. The van der Waals surface area contributed by atoms with Crippen LogP contribution in [0.25, 0.3) is 0 Å². The average molecular weight is 476 g/mol. The summed E-state index contributed by atoms with van der Waals surface area (Å²) in [6.45, 7) is 7.80. The highest BCUT2D eigenvalue weighted by Gasteiger charge is 2.19. The van der Waals surface area contributed by atoms with E-state index in [-0.39, 0.29) is 12.3 Å². The number of carbonyl (C=O) groups excluding carboxylic acids is 2. The van der Waals surface area contributed by atoms with Gasteiger partial charge in [-0.15, -0.1) is 0 Å². The van der Waals surface area contributed by atoms with Crippen molar-refractivity contribution in [3.63, 3.8) is 0 Å². The molecule has 0 bridgehead atoms. The summed E-state index contributed by atoms with van der Waals surface area (Å²) in [5.41, 5.74) is 3.41. The molecule has 0 aromatic heterocycles. The van der Waals surface area contributed by atoms with Crippen molar-refractivity contribution < 1.29 is 19.1 Å². The van der Waals surface area contributed by atoms with Crippen LogP contribution in [0.5, 0.6) is 5.75 Å². The summed E-state index contributed by atoms with van der Waals surface area (Å²) >= 11 is 5.48. The van der Waals surface area contributed by atoms with Crippen LogP contribution in [0.15, 0.2) is 72.8 Å². The molecule has 3 aromatic rings. The average Bonchev–Trinajstić information content (AvgIpc) is 2.79. The molecule has 0 N–H and O–H groups in total. The molecular formula is C28H29NO4S. The van der Waals surface area contributed by atoms with Gasteiger partial charge in [0.1, 0.15) is 11.4 Å². The first-order chi connectivity index (χ1) is 16.0. The highest BCUT2D eigenvalue weighted by atomic mass is 32.1. The van der Waals surface area contributed by atoms with Crippen molar-refractivity contribution in [2.75, 3.05) is 11.9 Å². The van der Waals surface area contributed by atoms with E-state index in [4.69, 9.17) is 21.7 Å². The Morgan fingerprint density at radius 3 is 2.21 bits per heavy atom. The Labute approximate surface area is 206 Å². The number of thiocarbonyl (C=S) groups is 1. The molecule has 0 aliphatic rings. The number of aryl methyl sites for hydroxylation is 1. The lowest BCUT2D eigenvalue weighted by Gasteiger charge is -2.24. The Balaban J connectivity index is 1.66. The van der Waals surface area contributed by atoms with Gasteiger partial charge < -0.3 is 14.4 Å². The summed E-state index contributed by atoms with van der Waals surface area (Å²) in [5, 5.41) is 0.410. The van der Waals surface area contributed by atoms with Gasteiger partial charge in [0, 0.05) is 18.3 Å². The van der Waals surface area contributed by atoms with Crippen molar-refractivity contribution in [2.24, 2.45) is 0 Å². The van der Waals surface area contributed by atoms with Crippen LogP contribution in [0.3, 0.4) is 0 Å². The summed E-state index contributed by atoms with van der Waals surface area (Å²) in [4.78, 5) is 26.7. The maximum atomic E-state index is 12.9. The van der Waals surface area contributed by atoms with E-state index in [1.165, 1.54) is 0 Å². The maximum absolute atomic E-state index is 12.9. The molecule has 0 spiro atoms. The van der Waals surface area contributed by atoms with Gasteiger partial charge in [0.15, 0.2) is 5.05 Å². The van der Waals surface area contributed by atoms with Gasteiger partial charge in [-0.05, 0) is 87.4 Å². The van der Waals surface area contributed by atoms with E-state index < -0.39 is 11.6 Å². The topological polar surface area (TPSA) is 55.8 Å². The highest BCUT2D eigenvalue weighted by molar-refractivity contribution is 7.80. The van der Waals surface area contributed by atoms with Gasteiger partial charge in [0.2, 0.25) is 5.91 Å². The zero-order chi connectivity index (χ0) is 24.9. The molecule has 34 heavy (non-hydrogen) atoms. The number of carbonyl (C=O) groups is 2. The number of ether oxygens (including phenoxy) is 2. The van der Waals surface area contributed by atoms with Gasteiger partial charge in [-0.3, -0.25) is 4.79 Å². The number of nitrogens with zero attached hydrogens (tertiary/aromatic N) is 1. The summed E-state index contributed by atoms with van der Waals surface area (Å²) in [7, 11) is 1.74. The van der Waals surface area contributed by atoms with Gasteiger partial charge in [-0.2, -0.15) is 0 Å². The number of anilines is 1. The zero-order valence-corrected chi connectivity index (χ0v) is 20.9. The SMILES string of the molecule is Cc1ccc(N(C)C(=O)Cc2ccc(OC(=O)c3ccccc3)cc2)cc1C(=S)OC(C)(C)C. The van der Waals surface area contributed by atoms with Crippen molar-refractivity contribution >= 4 is 34.8 Å². The molecule has 3 aromatic carbocycles. The minimum absolute atomic E-state index is 0.0773. The first-order valence-electron chi connectivity index (χ1n) is 11.0. The second kappa shape index (κ2) is 10.6. The third-order valence-electron chi connectivity index (χ3n) is 5.10. The lowest BCUT2D eigenvalue weighted by Crippen LogP contribution is -2.28. The van der Waals surface area contributed by atoms with Gasteiger partial charge in [0.25, 0.3) is 0 Å². The first kappa shape index (κ1) is 25.1. The lowest BCUT2D eigenvalue weighted by molar-refractivity contribution is -0.117. The molecule has 5 nitrogen and oxygen atoms in total. The largest absolute Gasteiger partial charge is 0.477 e. The third-order valence-corrected chi connectivity index (χ3v) is 5.40. The molecule has 0 radical (unpaired) electrons. The van der Waals surface area contributed by atoms with Crippen LogP contribution in [0.4, 0.5) is 5.69 Å². The van der Waals surface area contributed by atoms with Crippen molar-refractivity contribution in [3.8, 4) is 5.75 Å². The fourth-order valence-electron chi connectivity index (χ4n) is 3.22. The Hall–Kier alpha value is -3.51. The maximum Gasteiger partial charge on any atom is 0.343 e. The molecular weight excluding hydrogens is 446 g/mol. The molecule has 3 rings (SSSR count). The van der Waals surface area contributed by atoms with Gasteiger partial charge in [0.05, 0.1) is 12.0 Å². The monoisotopic (exact) mass is 475 g/mol. The van der Waals surface area contributed by atoms with Crippen molar-refractivity contribution in [3.05, 3.63) is 95.1 Å². The van der Waals surface area contributed by atoms with Crippen LogP contribution in [0.2, 0.25) is 0 Å². The number of benzene rings is 3. The van der Waals surface area contributed by atoms with Crippen LogP contribution in [-0.4, -0.2) is 29.6 Å². The number of amides is 1. The Morgan fingerprint density at radius 2 is 1.59 bits per heavy atom. The number of hydrogen-bond acceptors (Lipinski definition) is 5. The molecule has 6 heteroatoms. The molecule has 0 atom stereocenters. The fourth-order valence-corrected chi connectivity index (χ4v) is 3.69. The van der Waals surface area contributed by atoms with Crippen molar-refractivity contribution in [2.45, 2.75) is 39.7 Å². The van der Waals surface area contributed by atoms with Crippen LogP contribution in [-0.2, 0) is 16.0 Å². The quantitative estimate of drug-likeness (QED) is 0.252. The van der Waals surface area contributed by atoms with Crippen molar-refractivity contribution in [1.29, 1.82) is 0 Å². The molecule has 1 amide bonds. The molecule has 0 aliphatic carbocycles. The van der Waals surface area contributed by atoms with Gasteiger partial charge in [-0.1, -0.05) is 36.4 Å². The van der Waals surface area contributed by atoms with Crippen LogP contribution in [0, 0.1) is 6.92 Å². The van der Waals surface area contributed by atoms with E-state index in [0.717, 1.165) is 22.4 Å². The Morgan fingerprint density at radius 1 is 0.941 bits per heavy atom. The van der Waals surface area contributed by atoms with E-state index in [0.29, 0.717) is 16.4 Å². The molecule has 0 saturated carbocycles. The molecule has 0 aliphatic heterocycles. The summed E-state index contributed by atoms with van der Waals surface area (Å²) in [6, 6.07) is 21.5. The fraction of sp³-hybridized carbons (Fsp3) is 0.250. The van der Waals surface area contributed by atoms with E-state index in [1.807, 2.05) is 52.0 Å². The van der Waals surface area contributed by atoms with Crippen LogP contribution >= 0.6 is 12.2 Å². The number of rotatable bonds is 6. The molecule has 0 unspecified atom stereocenters. The van der Waals surface area contributed by atoms with E-state index in [2.05, 4.69) is 0 Å². The first-order valence-corrected chi connectivity index (χ1v) is 11.4. The standard InChI is InChI=1S/C28H29NO4S/c1-19-11-14-22(18-24(19)27(34)33-28(2,3)4)29(5)25(30)17-20-12-15-23(16-13-20)32-26(31)21-9-7-6-8-10-21/h6-16,18H,17H2,1-5H3. The number of likely N-dealkylation sites (N-methyl/N-ethyl adjacent to an activating group) is 1. The van der Waals surface area contributed by atoms with Gasteiger partial charge >= 0.3 is 5.97 Å². The van der Waals surface area contributed by atoms with Crippen LogP contribution < -0.4 is 9.64 Å². The highest BCUT2D eigenvalue weighted by Crippen LogP contribution is 2.23. The third kappa shape index (κ3) is 6.75. The van der Waals surface area contributed by atoms with E-state index in [1.54, 1.807) is 60.5 Å². The smallest absolute Gasteiger partial charge is 0.343 e. The molecule has 0 fully saturated rings. The molecule has 0 heterocycles. The number of esters is 1. The van der Waals surface area contributed by atoms with E-state index in [9.17, 15) is 9.59 Å². The second-order valence-corrected chi connectivity index (χ2v) is 9.40. The Kier molecular flexibility index (Phi) is 7.84. The zero-order valence-electron chi connectivity index (χ0n) is 20.1. The summed E-state index contributed by atoms with van der Waals surface area (Å²) in [5.74, 6) is -0.0758. The van der Waals surface area contributed by atoms with Gasteiger partial charge in [-0.25, -0.2) is 4.79 Å². The molecule has 176 valence electrons. The summed E-state index contributed by atoms with van der Waals surface area (Å²) < 4.78 is 11.3. The minimum atomic E-state index is -0.423. The van der Waals surface area contributed by atoms with E-state index >= 15 is 0 Å². The number of hydrogen-bond donors (Lipinski definition) is 0. The van der Waals surface area contributed by atoms with Crippen LogP contribution in [0.1, 0.15) is 47.8 Å². The predicted octanol–water partition coefficient (Wildman–Crippen LogP) is 5.91. The Bertz CT molecular complexity index is 1180. The predicted molar refractivity (Wildman–Crippen MR) is 139 cm³/mol.